The first-order valence-corrected chi connectivity index (χ1v) is 5.04. The Hall–Kier alpha value is -0.650. The molecule has 0 spiro atoms. The lowest BCUT2D eigenvalue weighted by Crippen LogP contribution is -2.41. The third kappa shape index (κ3) is 4.04. The van der Waals surface area contributed by atoms with Gasteiger partial charge >= 0.3 is 0 Å². The van der Waals surface area contributed by atoms with Gasteiger partial charge in [0.1, 0.15) is 0 Å². The number of hydrogen-bond donors (Lipinski definition) is 3. The second kappa shape index (κ2) is 6.75. The highest BCUT2D eigenvalue weighted by Crippen LogP contribution is 2.03. The lowest BCUT2D eigenvalue weighted by atomic mass is 10.2. The van der Waals surface area contributed by atoms with Gasteiger partial charge in [0, 0.05) is 6.54 Å². The van der Waals surface area contributed by atoms with Crippen molar-refractivity contribution in [3.63, 3.8) is 0 Å². The van der Waals surface area contributed by atoms with Gasteiger partial charge in [-0.2, -0.15) is 0 Å². The van der Waals surface area contributed by atoms with Crippen molar-refractivity contribution in [3.8, 4) is 0 Å². The molecule has 1 fully saturated rings. The van der Waals surface area contributed by atoms with Crippen LogP contribution in [0.2, 0.25) is 0 Å². The Kier molecular flexibility index (Phi) is 5.51. The SMILES string of the molecule is O=C(NCCOCCO)[C@H]1CCCN1. The van der Waals surface area contributed by atoms with Crippen LogP contribution in [0.5, 0.6) is 0 Å². The van der Waals surface area contributed by atoms with E-state index in [1.54, 1.807) is 0 Å². The van der Waals surface area contributed by atoms with E-state index in [9.17, 15) is 4.79 Å². The van der Waals surface area contributed by atoms with Crippen molar-refractivity contribution in [2.75, 3.05) is 32.9 Å². The van der Waals surface area contributed by atoms with Crippen molar-refractivity contribution < 1.29 is 14.6 Å². The van der Waals surface area contributed by atoms with E-state index < -0.39 is 0 Å². The maximum Gasteiger partial charge on any atom is 0.237 e. The van der Waals surface area contributed by atoms with E-state index in [-0.39, 0.29) is 18.6 Å². The van der Waals surface area contributed by atoms with Gasteiger partial charge in [-0.25, -0.2) is 0 Å². The van der Waals surface area contributed by atoms with Crippen molar-refractivity contribution in [1.29, 1.82) is 0 Å². The van der Waals surface area contributed by atoms with Crippen molar-refractivity contribution in [2.24, 2.45) is 0 Å². The molecule has 1 amide bonds. The number of carbonyl (C=O) groups is 1. The summed E-state index contributed by atoms with van der Waals surface area (Å²) in [5, 5.41) is 14.3. The molecule has 0 aliphatic carbocycles. The molecule has 0 aromatic heterocycles. The summed E-state index contributed by atoms with van der Waals surface area (Å²) in [7, 11) is 0. The van der Waals surface area contributed by atoms with Gasteiger partial charge in [0.05, 0.1) is 25.9 Å². The fourth-order valence-corrected chi connectivity index (χ4v) is 1.44. The van der Waals surface area contributed by atoms with Crippen molar-refractivity contribution in [3.05, 3.63) is 0 Å². The molecular formula is C9H18N2O3. The van der Waals surface area contributed by atoms with Gasteiger partial charge in [-0.15, -0.1) is 0 Å². The van der Waals surface area contributed by atoms with Crippen molar-refractivity contribution in [2.45, 2.75) is 18.9 Å². The summed E-state index contributed by atoms with van der Waals surface area (Å²) < 4.78 is 5.01. The molecule has 1 rings (SSSR count). The largest absolute Gasteiger partial charge is 0.394 e. The van der Waals surface area contributed by atoms with Gasteiger partial charge < -0.3 is 20.5 Å². The van der Waals surface area contributed by atoms with Crippen LogP contribution in [0, 0.1) is 0 Å². The Morgan fingerprint density at radius 1 is 1.57 bits per heavy atom. The molecule has 3 N–H and O–H groups in total. The molecule has 5 heteroatoms. The number of amides is 1. The Labute approximate surface area is 83.8 Å². The molecule has 5 nitrogen and oxygen atoms in total. The normalized spacial score (nSPS) is 21.1. The summed E-state index contributed by atoms with van der Waals surface area (Å²) in [6.45, 7) is 2.25. The van der Waals surface area contributed by atoms with Crippen LogP contribution >= 0.6 is 0 Å². The monoisotopic (exact) mass is 202 g/mol. The first-order valence-electron chi connectivity index (χ1n) is 5.04. The van der Waals surface area contributed by atoms with Gasteiger partial charge in [0.2, 0.25) is 5.91 Å². The molecule has 1 heterocycles. The topological polar surface area (TPSA) is 70.6 Å². The van der Waals surface area contributed by atoms with E-state index in [2.05, 4.69) is 10.6 Å². The Morgan fingerprint density at radius 2 is 2.43 bits per heavy atom. The fourth-order valence-electron chi connectivity index (χ4n) is 1.44. The number of ether oxygens (including phenoxy) is 1. The minimum absolute atomic E-state index is 0.0205. The summed E-state index contributed by atoms with van der Waals surface area (Å²) in [5.41, 5.74) is 0. The Morgan fingerprint density at radius 3 is 3.07 bits per heavy atom. The van der Waals surface area contributed by atoms with E-state index in [1.807, 2.05) is 0 Å². The number of aliphatic hydroxyl groups excluding tert-OH is 1. The predicted octanol–water partition coefficient (Wildman–Crippen LogP) is -1.14. The van der Waals surface area contributed by atoms with E-state index in [0.717, 1.165) is 19.4 Å². The second-order valence-corrected chi connectivity index (χ2v) is 3.28. The number of hydrogen-bond acceptors (Lipinski definition) is 4. The lowest BCUT2D eigenvalue weighted by Gasteiger charge is -2.10. The summed E-state index contributed by atoms with van der Waals surface area (Å²) in [6, 6.07) is -0.0205. The Bertz CT molecular complexity index is 169. The second-order valence-electron chi connectivity index (χ2n) is 3.28. The number of aliphatic hydroxyl groups is 1. The van der Waals surface area contributed by atoms with Crippen molar-refractivity contribution in [1.82, 2.24) is 10.6 Å². The van der Waals surface area contributed by atoms with E-state index >= 15 is 0 Å². The quantitative estimate of drug-likeness (QED) is 0.476. The molecule has 1 saturated heterocycles. The third-order valence-corrected chi connectivity index (χ3v) is 2.16. The molecule has 0 aromatic carbocycles. The summed E-state index contributed by atoms with van der Waals surface area (Å²) >= 11 is 0. The third-order valence-electron chi connectivity index (χ3n) is 2.16. The van der Waals surface area contributed by atoms with Gasteiger partial charge in [-0.3, -0.25) is 4.79 Å². The zero-order valence-electron chi connectivity index (χ0n) is 8.29. The zero-order valence-corrected chi connectivity index (χ0v) is 8.29. The lowest BCUT2D eigenvalue weighted by molar-refractivity contribution is -0.123. The molecule has 0 saturated carbocycles. The average Bonchev–Trinajstić information content (AvgIpc) is 2.70. The molecule has 0 unspecified atom stereocenters. The first kappa shape index (κ1) is 11.4. The first-order chi connectivity index (χ1) is 6.84. The van der Waals surface area contributed by atoms with Crippen LogP contribution in [0.3, 0.4) is 0 Å². The van der Waals surface area contributed by atoms with Crippen LogP contribution in [0.4, 0.5) is 0 Å². The number of carbonyl (C=O) groups excluding carboxylic acids is 1. The van der Waals surface area contributed by atoms with E-state index in [4.69, 9.17) is 9.84 Å². The van der Waals surface area contributed by atoms with Crippen LogP contribution in [0.25, 0.3) is 0 Å². The van der Waals surface area contributed by atoms with E-state index in [1.165, 1.54) is 0 Å². The standard InChI is InChI=1S/C9H18N2O3/c12-5-7-14-6-4-11-9(13)8-2-1-3-10-8/h8,10,12H,1-7H2,(H,11,13)/t8-/m1/s1. The highest BCUT2D eigenvalue weighted by molar-refractivity contribution is 5.81. The molecule has 1 aliphatic heterocycles. The van der Waals surface area contributed by atoms with Crippen molar-refractivity contribution >= 4 is 5.91 Å². The molecule has 1 aliphatic rings. The average molecular weight is 202 g/mol. The maximum atomic E-state index is 11.4. The molecule has 0 aromatic rings. The molecule has 14 heavy (non-hydrogen) atoms. The van der Waals surface area contributed by atoms with E-state index in [0.29, 0.717) is 19.8 Å². The minimum Gasteiger partial charge on any atom is -0.394 e. The maximum absolute atomic E-state index is 11.4. The van der Waals surface area contributed by atoms with Crippen LogP contribution in [0.15, 0.2) is 0 Å². The highest BCUT2D eigenvalue weighted by Gasteiger charge is 2.20. The van der Waals surface area contributed by atoms with Crippen LogP contribution in [-0.4, -0.2) is 50.0 Å². The van der Waals surface area contributed by atoms with Gasteiger partial charge in [-0.05, 0) is 19.4 Å². The van der Waals surface area contributed by atoms with Crippen LogP contribution in [0.1, 0.15) is 12.8 Å². The van der Waals surface area contributed by atoms with Gasteiger partial charge in [0.15, 0.2) is 0 Å². The zero-order chi connectivity index (χ0) is 10.2. The number of nitrogens with one attached hydrogen (secondary N) is 2. The predicted molar refractivity (Wildman–Crippen MR) is 51.9 cm³/mol. The fraction of sp³-hybridized carbons (Fsp3) is 0.889. The summed E-state index contributed by atoms with van der Waals surface area (Å²) in [4.78, 5) is 11.4. The van der Waals surface area contributed by atoms with Gasteiger partial charge in [-0.1, -0.05) is 0 Å². The smallest absolute Gasteiger partial charge is 0.237 e. The molecule has 0 bridgehead atoms. The number of rotatable bonds is 6. The molecule has 82 valence electrons. The van der Waals surface area contributed by atoms with Gasteiger partial charge in [0.25, 0.3) is 0 Å². The van der Waals surface area contributed by atoms with Crippen LogP contribution in [-0.2, 0) is 9.53 Å². The minimum atomic E-state index is -0.0205. The summed E-state index contributed by atoms with van der Waals surface area (Å²) in [5.74, 6) is 0.0510. The Balaban J connectivity index is 1.97. The van der Waals surface area contributed by atoms with Crippen LogP contribution < -0.4 is 10.6 Å². The molecular weight excluding hydrogens is 184 g/mol. The highest BCUT2D eigenvalue weighted by atomic mass is 16.5. The molecule has 0 radical (unpaired) electrons. The summed E-state index contributed by atoms with van der Waals surface area (Å²) in [6.07, 6.45) is 1.99. The molecule has 1 atom stereocenters.